The molecule has 0 aliphatic carbocycles. The molecule has 0 unspecified atom stereocenters. The first-order chi connectivity index (χ1) is 13.5. The van der Waals surface area contributed by atoms with Crippen molar-refractivity contribution >= 4 is 21.9 Å². The summed E-state index contributed by atoms with van der Waals surface area (Å²) in [5.41, 5.74) is 1.42. The van der Waals surface area contributed by atoms with Crippen LogP contribution in [0.15, 0.2) is 70.1 Å². The molecule has 1 aromatic heterocycles. The number of hydrogen-bond donors (Lipinski definition) is 0. The number of ether oxygens (including phenoxy) is 2. The van der Waals surface area contributed by atoms with Crippen LogP contribution in [-0.4, -0.2) is 17.6 Å². The average molecular weight is 446 g/mol. The number of esters is 1. The zero-order chi connectivity index (χ0) is 20.1. The summed E-state index contributed by atoms with van der Waals surface area (Å²) in [5, 5.41) is 0. The molecule has 144 valence electrons. The standard InChI is InChI=1S/C21H17BrFNO4/c1-27-21(26)17-8-3-2-6-15(17)13-28-18-9-10-24(20(25)19(18)22)12-14-5-4-7-16(23)11-14/h2-11H,12-13H2,1H3. The summed E-state index contributed by atoms with van der Waals surface area (Å²) in [6.45, 7) is 0.331. The summed E-state index contributed by atoms with van der Waals surface area (Å²) in [6, 6.07) is 14.7. The Bertz CT molecular complexity index is 1060. The molecule has 0 amide bonds. The molecule has 0 aliphatic rings. The number of benzene rings is 2. The van der Waals surface area contributed by atoms with Crippen molar-refractivity contribution in [3.8, 4) is 5.75 Å². The Labute approximate surface area is 169 Å². The highest BCUT2D eigenvalue weighted by molar-refractivity contribution is 9.10. The lowest BCUT2D eigenvalue weighted by Gasteiger charge is -2.13. The Morgan fingerprint density at radius 3 is 2.68 bits per heavy atom. The highest BCUT2D eigenvalue weighted by Gasteiger charge is 2.14. The van der Waals surface area contributed by atoms with Crippen LogP contribution in [0.4, 0.5) is 4.39 Å². The summed E-state index contributed by atoms with van der Waals surface area (Å²) < 4.78 is 25.5. The molecule has 0 bridgehead atoms. The number of carbonyl (C=O) groups is 1. The van der Waals surface area contributed by atoms with E-state index in [1.807, 2.05) is 0 Å². The average Bonchev–Trinajstić information content (AvgIpc) is 2.70. The van der Waals surface area contributed by atoms with Gasteiger partial charge in [-0.1, -0.05) is 30.3 Å². The van der Waals surface area contributed by atoms with E-state index in [2.05, 4.69) is 15.9 Å². The third kappa shape index (κ3) is 4.48. The second-order valence-corrected chi connectivity index (χ2v) is 6.79. The van der Waals surface area contributed by atoms with Gasteiger partial charge in [-0.05, 0) is 45.8 Å². The van der Waals surface area contributed by atoms with Gasteiger partial charge in [-0.2, -0.15) is 0 Å². The van der Waals surface area contributed by atoms with E-state index >= 15 is 0 Å². The molecule has 28 heavy (non-hydrogen) atoms. The van der Waals surface area contributed by atoms with Crippen LogP contribution in [0.1, 0.15) is 21.5 Å². The lowest BCUT2D eigenvalue weighted by Crippen LogP contribution is -2.21. The smallest absolute Gasteiger partial charge is 0.338 e. The fourth-order valence-corrected chi connectivity index (χ4v) is 3.18. The fourth-order valence-electron chi connectivity index (χ4n) is 2.71. The monoisotopic (exact) mass is 445 g/mol. The molecule has 0 spiro atoms. The van der Waals surface area contributed by atoms with E-state index in [0.717, 1.165) is 0 Å². The van der Waals surface area contributed by atoms with Crippen molar-refractivity contribution < 1.29 is 18.7 Å². The first-order valence-corrected chi connectivity index (χ1v) is 9.21. The first kappa shape index (κ1) is 19.8. The Balaban J connectivity index is 1.79. The van der Waals surface area contributed by atoms with E-state index in [-0.39, 0.29) is 29.0 Å². The highest BCUT2D eigenvalue weighted by atomic mass is 79.9. The third-order valence-corrected chi connectivity index (χ3v) is 4.85. The number of hydrogen-bond acceptors (Lipinski definition) is 4. The number of carbonyl (C=O) groups excluding carboxylic acids is 1. The summed E-state index contributed by atoms with van der Waals surface area (Å²) in [5.74, 6) is -0.460. The number of halogens is 2. The van der Waals surface area contributed by atoms with Gasteiger partial charge in [0.15, 0.2) is 0 Å². The molecule has 7 heteroatoms. The van der Waals surface area contributed by atoms with Crippen molar-refractivity contribution in [1.29, 1.82) is 0 Å². The Morgan fingerprint density at radius 1 is 1.14 bits per heavy atom. The first-order valence-electron chi connectivity index (χ1n) is 8.42. The number of rotatable bonds is 6. The van der Waals surface area contributed by atoms with E-state index in [9.17, 15) is 14.0 Å². The number of methoxy groups -OCH3 is 1. The van der Waals surface area contributed by atoms with E-state index in [0.29, 0.717) is 22.4 Å². The highest BCUT2D eigenvalue weighted by Crippen LogP contribution is 2.23. The zero-order valence-corrected chi connectivity index (χ0v) is 16.6. The van der Waals surface area contributed by atoms with E-state index in [1.165, 1.54) is 23.8 Å². The molecule has 5 nitrogen and oxygen atoms in total. The van der Waals surface area contributed by atoms with Crippen LogP contribution in [0.25, 0.3) is 0 Å². The van der Waals surface area contributed by atoms with E-state index < -0.39 is 5.97 Å². The molecule has 0 saturated carbocycles. The van der Waals surface area contributed by atoms with Crippen molar-refractivity contribution in [3.05, 3.63) is 98.1 Å². The molecule has 0 fully saturated rings. The zero-order valence-electron chi connectivity index (χ0n) is 15.0. The van der Waals surface area contributed by atoms with Crippen molar-refractivity contribution in [2.45, 2.75) is 13.2 Å². The predicted molar refractivity (Wildman–Crippen MR) is 106 cm³/mol. The van der Waals surface area contributed by atoms with E-state index in [4.69, 9.17) is 9.47 Å². The van der Waals surface area contributed by atoms with Crippen molar-refractivity contribution in [3.63, 3.8) is 0 Å². The van der Waals surface area contributed by atoms with Crippen molar-refractivity contribution in [2.75, 3.05) is 7.11 Å². The number of nitrogens with zero attached hydrogens (tertiary/aromatic N) is 1. The maximum Gasteiger partial charge on any atom is 0.338 e. The van der Waals surface area contributed by atoms with Gasteiger partial charge in [-0.15, -0.1) is 0 Å². The third-order valence-electron chi connectivity index (χ3n) is 4.12. The maximum atomic E-state index is 13.3. The lowest BCUT2D eigenvalue weighted by atomic mass is 10.1. The Morgan fingerprint density at radius 2 is 1.93 bits per heavy atom. The lowest BCUT2D eigenvalue weighted by molar-refractivity contribution is 0.0597. The van der Waals surface area contributed by atoms with Crippen LogP contribution < -0.4 is 10.3 Å². The summed E-state index contributed by atoms with van der Waals surface area (Å²) in [4.78, 5) is 24.4. The maximum absolute atomic E-state index is 13.3. The molecular formula is C21H17BrFNO4. The van der Waals surface area contributed by atoms with E-state index in [1.54, 1.807) is 48.7 Å². The van der Waals surface area contributed by atoms with Gasteiger partial charge in [0.2, 0.25) is 0 Å². The van der Waals surface area contributed by atoms with Crippen LogP contribution >= 0.6 is 15.9 Å². The van der Waals surface area contributed by atoms with Crippen LogP contribution in [0.3, 0.4) is 0 Å². The van der Waals surface area contributed by atoms with Crippen LogP contribution in [0, 0.1) is 5.82 Å². The molecule has 3 aromatic rings. The minimum absolute atomic E-state index is 0.0945. The van der Waals surface area contributed by atoms with Gasteiger partial charge < -0.3 is 14.0 Å². The topological polar surface area (TPSA) is 57.5 Å². The molecule has 2 aromatic carbocycles. The largest absolute Gasteiger partial charge is 0.487 e. The van der Waals surface area contributed by atoms with Crippen LogP contribution in [0.5, 0.6) is 5.75 Å². The Kier molecular flexibility index (Phi) is 6.26. The summed E-state index contributed by atoms with van der Waals surface area (Å²) in [7, 11) is 1.31. The van der Waals surface area contributed by atoms with Crippen molar-refractivity contribution in [1.82, 2.24) is 4.57 Å². The van der Waals surface area contributed by atoms with Crippen molar-refractivity contribution in [2.24, 2.45) is 0 Å². The molecule has 0 N–H and O–H groups in total. The normalized spacial score (nSPS) is 10.5. The van der Waals surface area contributed by atoms with Crippen LogP contribution in [-0.2, 0) is 17.9 Å². The fraction of sp³-hybridized carbons (Fsp3) is 0.143. The number of aromatic nitrogens is 1. The molecular weight excluding hydrogens is 429 g/mol. The quantitative estimate of drug-likeness (QED) is 0.534. The number of pyridine rings is 1. The predicted octanol–water partition coefficient (Wildman–Crippen LogP) is 4.16. The van der Waals surface area contributed by atoms with Gasteiger partial charge in [-0.25, -0.2) is 9.18 Å². The summed E-state index contributed by atoms with van der Waals surface area (Å²) >= 11 is 3.27. The molecule has 0 atom stereocenters. The minimum Gasteiger partial charge on any atom is -0.487 e. The van der Waals surface area contributed by atoms with Gasteiger partial charge >= 0.3 is 5.97 Å². The van der Waals surface area contributed by atoms with Gasteiger partial charge in [0.1, 0.15) is 22.6 Å². The Hall–Kier alpha value is -2.93. The molecule has 0 aliphatic heterocycles. The van der Waals surface area contributed by atoms with Gasteiger partial charge in [0.25, 0.3) is 5.56 Å². The van der Waals surface area contributed by atoms with Crippen LogP contribution in [0.2, 0.25) is 0 Å². The van der Waals surface area contributed by atoms with Gasteiger partial charge in [-0.3, -0.25) is 4.79 Å². The molecule has 3 rings (SSSR count). The minimum atomic E-state index is -0.455. The summed E-state index contributed by atoms with van der Waals surface area (Å²) in [6.07, 6.45) is 1.58. The molecule has 0 radical (unpaired) electrons. The molecule has 1 heterocycles. The SMILES string of the molecule is COC(=O)c1ccccc1COc1ccn(Cc2cccc(F)c2)c(=O)c1Br. The second kappa shape index (κ2) is 8.84. The van der Waals surface area contributed by atoms with Gasteiger partial charge in [0.05, 0.1) is 19.2 Å². The molecule has 0 saturated heterocycles. The second-order valence-electron chi connectivity index (χ2n) is 5.99. The van der Waals surface area contributed by atoms with Gasteiger partial charge in [0, 0.05) is 11.8 Å².